The number of ether oxygens (including phenoxy) is 1. The second-order valence-electron chi connectivity index (χ2n) is 7.64. The van der Waals surface area contributed by atoms with E-state index in [0.29, 0.717) is 6.29 Å². The maximum Gasteiger partial charge on any atom is 0.329 e. The number of aliphatic hydroxyl groups excluding tert-OH is 3. The van der Waals surface area contributed by atoms with Crippen LogP contribution in [-0.2, 0) is 14.3 Å². The van der Waals surface area contributed by atoms with E-state index in [9.17, 15) is 44.7 Å². The molecule has 0 aliphatic carbocycles. The van der Waals surface area contributed by atoms with Gasteiger partial charge in [-0.15, -0.1) is 0 Å². The molecule has 34 heavy (non-hydrogen) atoms. The number of carbonyl (C=O) groups excluding carboxylic acids is 2. The lowest BCUT2D eigenvalue weighted by molar-refractivity contribution is -0.149. The highest BCUT2D eigenvalue weighted by Crippen LogP contribution is 2.30. The number of nitrogens with two attached hydrogens (primary N) is 1. The average molecular weight is 481 g/mol. The lowest BCUT2D eigenvalue weighted by atomic mass is 10.0. The summed E-state index contributed by atoms with van der Waals surface area (Å²) >= 11 is 0. The van der Waals surface area contributed by atoms with E-state index >= 15 is 0 Å². The molecule has 1 aliphatic heterocycles. The van der Waals surface area contributed by atoms with E-state index in [2.05, 4.69) is 15.3 Å². The first-order valence-corrected chi connectivity index (χ1v) is 9.93. The van der Waals surface area contributed by atoms with Crippen molar-refractivity contribution in [1.82, 2.24) is 19.9 Å². The molecule has 7 atom stereocenters. The third-order valence-electron chi connectivity index (χ3n) is 5.26. The molecule has 2 aromatic rings. The van der Waals surface area contributed by atoms with E-state index in [4.69, 9.17) is 10.5 Å². The molecule has 0 radical (unpaired) electrons. The molecule has 15 heteroatoms. The van der Waals surface area contributed by atoms with Crippen LogP contribution in [0.3, 0.4) is 0 Å². The number of aldehydes is 1. The molecule has 0 unspecified atom stereocenters. The zero-order valence-electron chi connectivity index (χ0n) is 17.4. The Morgan fingerprint density at radius 3 is 2.59 bits per heavy atom. The van der Waals surface area contributed by atoms with Gasteiger partial charge in [0.05, 0.1) is 29.7 Å². The number of aromatic amines is 1. The highest BCUT2D eigenvalue weighted by Gasteiger charge is 2.50. The Bertz CT molecular complexity index is 1100. The summed E-state index contributed by atoms with van der Waals surface area (Å²) in [6.45, 7) is 0. The van der Waals surface area contributed by atoms with Gasteiger partial charge in [-0.2, -0.15) is 0 Å². The van der Waals surface area contributed by atoms with E-state index in [1.165, 1.54) is 12.1 Å². The second kappa shape index (κ2) is 10.1. The zero-order chi connectivity index (χ0) is 25.2. The molecule has 0 aromatic carbocycles. The van der Waals surface area contributed by atoms with E-state index < -0.39 is 60.3 Å². The van der Waals surface area contributed by atoms with Gasteiger partial charge in [0.15, 0.2) is 18.6 Å². The fraction of sp³-hybridized carbons (Fsp3) is 0.421. The van der Waals surface area contributed by atoms with Gasteiger partial charge >= 0.3 is 11.7 Å². The van der Waals surface area contributed by atoms with Crippen LogP contribution >= 0.6 is 0 Å². The van der Waals surface area contributed by atoms with Crippen LogP contribution in [0.25, 0.3) is 0 Å². The quantitative estimate of drug-likeness (QED) is 0.164. The average Bonchev–Trinajstić information content (AvgIpc) is 3.31. The maximum absolute atomic E-state index is 12.5. The molecule has 3 rings (SSSR count). The minimum absolute atomic E-state index is 0.114. The molecule has 1 fully saturated rings. The van der Waals surface area contributed by atoms with E-state index in [1.54, 1.807) is 0 Å². The molecule has 9 N–H and O–H groups in total. The first-order valence-electron chi connectivity index (χ1n) is 9.93. The molecule has 1 saturated heterocycles. The van der Waals surface area contributed by atoms with Crippen molar-refractivity contribution in [1.29, 1.82) is 0 Å². The van der Waals surface area contributed by atoms with Crippen molar-refractivity contribution in [2.45, 2.75) is 49.1 Å². The van der Waals surface area contributed by atoms with Gasteiger partial charge in [-0.1, -0.05) is 0 Å². The summed E-state index contributed by atoms with van der Waals surface area (Å²) in [5.41, 5.74) is 4.89. The predicted molar refractivity (Wildman–Crippen MR) is 109 cm³/mol. The van der Waals surface area contributed by atoms with Crippen molar-refractivity contribution in [2.24, 2.45) is 5.73 Å². The van der Waals surface area contributed by atoms with Crippen LogP contribution in [0.4, 0.5) is 0 Å². The highest BCUT2D eigenvalue weighted by atomic mass is 16.6. The number of carboxylic acid groups (broad SMARTS) is 1. The number of aliphatic hydroxyl groups is 3. The Kier molecular flexibility index (Phi) is 7.43. The van der Waals surface area contributed by atoms with Gasteiger partial charge in [0.2, 0.25) is 5.91 Å². The molecule has 15 nitrogen and oxygen atoms in total. The van der Waals surface area contributed by atoms with Crippen LogP contribution < -0.4 is 16.7 Å². The number of imidazole rings is 1. The number of aliphatic carboxylic acids is 1. The zero-order valence-corrected chi connectivity index (χ0v) is 17.4. The van der Waals surface area contributed by atoms with Gasteiger partial charge in [-0.05, 0) is 12.1 Å². The van der Waals surface area contributed by atoms with Crippen LogP contribution in [0, 0.1) is 0 Å². The summed E-state index contributed by atoms with van der Waals surface area (Å²) in [6, 6.07) is -0.716. The number of nitrogens with one attached hydrogen (secondary N) is 2. The normalized spacial score (nSPS) is 24.8. The summed E-state index contributed by atoms with van der Waals surface area (Å²) < 4.78 is 6.15. The number of aromatic hydroxyl groups is 1. The molecule has 1 aliphatic rings. The van der Waals surface area contributed by atoms with Crippen LogP contribution in [-0.4, -0.2) is 88.6 Å². The topological polar surface area (TPSA) is 250 Å². The minimum Gasteiger partial charge on any atom is -0.506 e. The first-order chi connectivity index (χ1) is 16.0. The summed E-state index contributed by atoms with van der Waals surface area (Å²) in [6.07, 6.45) is -6.09. The van der Waals surface area contributed by atoms with Gasteiger partial charge in [0, 0.05) is 12.6 Å². The number of carboxylic acids is 1. The number of H-pyrrole nitrogens is 1. The van der Waals surface area contributed by atoms with Gasteiger partial charge in [0.1, 0.15) is 24.1 Å². The van der Waals surface area contributed by atoms with Gasteiger partial charge in [-0.25, -0.2) is 9.59 Å². The minimum atomic E-state index is -1.89. The lowest BCUT2D eigenvalue weighted by Gasteiger charge is -2.25. The molecule has 1 amide bonds. The van der Waals surface area contributed by atoms with Crippen molar-refractivity contribution >= 4 is 18.2 Å². The van der Waals surface area contributed by atoms with Crippen LogP contribution in [0.1, 0.15) is 34.9 Å². The maximum atomic E-state index is 12.5. The van der Waals surface area contributed by atoms with Crippen molar-refractivity contribution in [3.05, 3.63) is 46.4 Å². The molecule has 0 bridgehead atoms. The van der Waals surface area contributed by atoms with E-state index in [1.807, 2.05) is 0 Å². The third kappa shape index (κ3) is 5.13. The fourth-order valence-electron chi connectivity index (χ4n) is 3.48. The summed E-state index contributed by atoms with van der Waals surface area (Å²) in [4.78, 5) is 53.1. The van der Waals surface area contributed by atoms with Gasteiger partial charge < -0.3 is 46.3 Å². The monoisotopic (exact) mass is 481 g/mol. The van der Waals surface area contributed by atoms with E-state index in [-0.39, 0.29) is 23.6 Å². The molecule has 184 valence electrons. The number of nitrogens with zero attached hydrogens (tertiary/aromatic N) is 2. The highest BCUT2D eigenvalue weighted by molar-refractivity contribution is 5.87. The SMILES string of the molecule is N[C@@H](C[C@H](O)c1ccc(O)cn1)C(=O)N[C@H](C(=O)O)[C@H]1O[C@@H](n2cc(C=O)[nH]c2=O)[C@H](O)[C@@H]1O. The number of aromatic nitrogens is 3. The van der Waals surface area contributed by atoms with Crippen molar-refractivity contribution < 1.29 is 44.7 Å². The van der Waals surface area contributed by atoms with Crippen LogP contribution in [0.15, 0.2) is 29.3 Å². The molecule has 0 saturated carbocycles. The fourth-order valence-corrected chi connectivity index (χ4v) is 3.48. The third-order valence-corrected chi connectivity index (χ3v) is 5.26. The largest absolute Gasteiger partial charge is 0.506 e. The second-order valence-corrected chi connectivity index (χ2v) is 7.64. The number of pyridine rings is 1. The number of rotatable bonds is 9. The number of carbonyl (C=O) groups is 3. The standard InChI is InChI=1S/C19H23N5O10/c20-9(3-11(27)10-2-1-8(26)4-21-10)16(30)23-12(18(31)32)15-13(28)14(29)17(34-15)24-5-7(6-25)22-19(24)33/h1-2,4-6,9,11-15,17,26-29H,3,20H2,(H,22,33)(H,23,30)(H,31,32)/t9-,11-,12-,13-,14+,15+,17+/m0/s1. The Morgan fingerprint density at radius 1 is 1.32 bits per heavy atom. The number of hydrogen-bond acceptors (Lipinski definition) is 11. The Hall–Kier alpha value is -3.63. The Morgan fingerprint density at radius 2 is 2.03 bits per heavy atom. The summed E-state index contributed by atoms with van der Waals surface area (Å²) in [7, 11) is 0. The smallest absolute Gasteiger partial charge is 0.329 e. The lowest BCUT2D eigenvalue weighted by Crippen LogP contribution is -2.56. The molecule has 0 spiro atoms. The number of amides is 1. The van der Waals surface area contributed by atoms with Crippen molar-refractivity contribution in [3.63, 3.8) is 0 Å². The van der Waals surface area contributed by atoms with Crippen LogP contribution in [0.5, 0.6) is 5.75 Å². The molecular formula is C19H23N5O10. The van der Waals surface area contributed by atoms with Crippen molar-refractivity contribution in [3.8, 4) is 5.75 Å². The molecule has 3 heterocycles. The number of hydrogen-bond donors (Lipinski definition) is 8. The molecular weight excluding hydrogens is 458 g/mol. The van der Waals surface area contributed by atoms with E-state index in [0.717, 1.165) is 17.0 Å². The Balaban J connectivity index is 1.71. The summed E-state index contributed by atoms with van der Waals surface area (Å²) in [5, 5.41) is 51.8. The Labute approximate surface area is 190 Å². The molecule has 2 aromatic heterocycles. The van der Waals surface area contributed by atoms with Crippen LogP contribution in [0.2, 0.25) is 0 Å². The predicted octanol–water partition coefficient (Wildman–Crippen LogP) is -3.27. The van der Waals surface area contributed by atoms with Crippen molar-refractivity contribution in [2.75, 3.05) is 0 Å². The summed E-state index contributed by atoms with van der Waals surface area (Å²) in [5.74, 6) is -2.78. The van der Waals surface area contributed by atoms with Gasteiger partial charge in [-0.3, -0.25) is 19.1 Å². The first kappa shape index (κ1) is 25.0. The van der Waals surface area contributed by atoms with Gasteiger partial charge in [0.25, 0.3) is 0 Å².